The van der Waals surface area contributed by atoms with Crippen LogP contribution in [0, 0.1) is 0 Å². The van der Waals surface area contributed by atoms with E-state index in [1.165, 1.54) is 0 Å². The van der Waals surface area contributed by atoms with E-state index in [4.69, 9.17) is 23.2 Å². The number of nitrogens with one attached hydrogen (secondary N) is 1. The van der Waals surface area contributed by atoms with Gasteiger partial charge in [0.1, 0.15) is 0 Å². The highest BCUT2D eigenvalue weighted by Gasteiger charge is 2.40. The monoisotopic (exact) mass is 245 g/mol. The van der Waals surface area contributed by atoms with Crippen LogP contribution in [0.3, 0.4) is 0 Å². The Labute approximate surface area is 99.2 Å². The molecule has 4 heteroatoms. The van der Waals surface area contributed by atoms with Crippen LogP contribution in [0.15, 0.2) is 18.2 Å². The van der Waals surface area contributed by atoms with Crippen molar-refractivity contribution in [2.75, 3.05) is 5.32 Å². The molecule has 82 valence electrons. The van der Waals surface area contributed by atoms with E-state index in [-0.39, 0.29) is 6.04 Å². The summed E-state index contributed by atoms with van der Waals surface area (Å²) < 4.78 is 0. The predicted molar refractivity (Wildman–Crippen MR) is 63.7 cm³/mol. The quantitative estimate of drug-likeness (QED) is 0.838. The second kappa shape index (κ2) is 3.85. The number of benzene rings is 1. The van der Waals surface area contributed by atoms with Gasteiger partial charge in [0.15, 0.2) is 0 Å². The Morgan fingerprint density at radius 2 is 2.20 bits per heavy atom. The van der Waals surface area contributed by atoms with Crippen molar-refractivity contribution in [3.63, 3.8) is 0 Å². The third-order valence-electron chi connectivity index (χ3n) is 2.95. The summed E-state index contributed by atoms with van der Waals surface area (Å²) in [5.74, 6) is 0. The molecule has 2 atom stereocenters. The molecule has 1 saturated carbocycles. The molecule has 0 heterocycles. The fraction of sp³-hybridized carbons (Fsp3) is 0.455. The topological polar surface area (TPSA) is 32.3 Å². The number of rotatable bonds is 2. The maximum atomic E-state index is 9.86. The van der Waals surface area contributed by atoms with Crippen LogP contribution in [0.2, 0.25) is 10.0 Å². The second-order valence-electron chi connectivity index (χ2n) is 4.22. The minimum Gasteiger partial charge on any atom is -0.388 e. The van der Waals surface area contributed by atoms with Gasteiger partial charge in [-0.2, -0.15) is 0 Å². The molecule has 0 aliphatic heterocycles. The van der Waals surface area contributed by atoms with E-state index in [0.29, 0.717) is 10.0 Å². The van der Waals surface area contributed by atoms with Gasteiger partial charge < -0.3 is 10.4 Å². The highest BCUT2D eigenvalue weighted by molar-refractivity contribution is 6.35. The SMILES string of the molecule is C[C@]1(O)CC[C@@H]1Nc1cc(Cl)ccc1Cl. The first-order chi connectivity index (χ1) is 6.99. The maximum absolute atomic E-state index is 9.86. The van der Waals surface area contributed by atoms with Crippen molar-refractivity contribution in [3.05, 3.63) is 28.2 Å². The van der Waals surface area contributed by atoms with Gasteiger partial charge >= 0.3 is 0 Å². The average molecular weight is 246 g/mol. The van der Waals surface area contributed by atoms with Gasteiger partial charge in [0.25, 0.3) is 0 Å². The normalized spacial score (nSPS) is 29.7. The van der Waals surface area contributed by atoms with Gasteiger partial charge in [-0.05, 0) is 38.0 Å². The van der Waals surface area contributed by atoms with Gasteiger partial charge in [0.2, 0.25) is 0 Å². The number of halogens is 2. The highest BCUT2D eigenvalue weighted by atomic mass is 35.5. The lowest BCUT2D eigenvalue weighted by Gasteiger charge is -2.43. The van der Waals surface area contributed by atoms with Crippen LogP contribution in [-0.4, -0.2) is 16.7 Å². The van der Waals surface area contributed by atoms with Crippen LogP contribution in [0.1, 0.15) is 19.8 Å². The van der Waals surface area contributed by atoms with Crippen LogP contribution in [-0.2, 0) is 0 Å². The van der Waals surface area contributed by atoms with E-state index in [1.807, 2.05) is 6.92 Å². The number of hydrogen-bond donors (Lipinski definition) is 2. The molecule has 15 heavy (non-hydrogen) atoms. The molecule has 0 saturated heterocycles. The van der Waals surface area contributed by atoms with Crippen molar-refractivity contribution < 1.29 is 5.11 Å². The fourth-order valence-corrected chi connectivity index (χ4v) is 2.07. The third-order valence-corrected chi connectivity index (χ3v) is 3.51. The molecule has 0 radical (unpaired) electrons. The third kappa shape index (κ3) is 2.22. The molecular formula is C11H13Cl2NO. The maximum Gasteiger partial charge on any atom is 0.0820 e. The van der Waals surface area contributed by atoms with Crippen molar-refractivity contribution in [1.82, 2.24) is 0 Å². The van der Waals surface area contributed by atoms with Gasteiger partial charge in [-0.25, -0.2) is 0 Å². The van der Waals surface area contributed by atoms with E-state index in [9.17, 15) is 5.11 Å². The summed E-state index contributed by atoms with van der Waals surface area (Å²) in [5.41, 5.74) is 0.153. The van der Waals surface area contributed by atoms with Gasteiger partial charge in [-0.3, -0.25) is 0 Å². The van der Waals surface area contributed by atoms with Crippen LogP contribution >= 0.6 is 23.2 Å². The molecule has 1 aliphatic rings. The van der Waals surface area contributed by atoms with Crippen LogP contribution < -0.4 is 5.32 Å². The smallest absolute Gasteiger partial charge is 0.0820 e. The summed E-state index contributed by atoms with van der Waals surface area (Å²) >= 11 is 11.9. The summed E-state index contributed by atoms with van der Waals surface area (Å²) in [5, 5.41) is 14.3. The second-order valence-corrected chi connectivity index (χ2v) is 5.06. The Morgan fingerprint density at radius 3 is 2.73 bits per heavy atom. The summed E-state index contributed by atoms with van der Waals surface area (Å²) in [6.45, 7) is 1.83. The van der Waals surface area contributed by atoms with E-state index in [1.54, 1.807) is 18.2 Å². The molecule has 2 rings (SSSR count). The zero-order chi connectivity index (χ0) is 11.1. The molecule has 0 aromatic heterocycles. The van der Waals surface area contributed by atoms with Gasteiger partial charge in [-0.1, -0.05) is 23.2 Å². The molecule has 2 nitrogen and oxygen atoms in total. The van der Waals surface area contributed by atoms with Gasteiger partial charge in [-0.15, -0.1) is 0 Å². The summed E-state index contributed by atoms with van der Waals surface area (Å²) in [4.78, 5) is 0. The van der Waals surface area contributed by atoms with Crippen molar-refractivity contribution >= 4 is 28.9 Å². The highest BCUT2D eigenvalue weighted by Crippen LogP contribution is 2.36. The number of anilines is 1. The molecule has 0 bridgehead atoms. The average Bonchev–Trinajstić information content (AvgIpc) is 2.18. The van der Waals surface area contributed by atoms with Crippen molar-refractivity contribution in [1.29, 1.82) is 0 Å². The lowest BCUT2D eigenvalue weighted by Crippen LogP contribution is -2.53. The number of hydrogen-bond acceptors (Lipinski definition) is 2. The van der Waals surface area contributed by atoms with E-state index < -0.39 is 5.60 Å². The molecule has 0 spiro atoms. The van der Waals surface area contributed by atoms with Crippen molar-refractivity contribution in [3.8, 4) is 0 Å². The van der Waals surface area contributed by atoms with Crippen LogP contribution in [0.4, 0.5) is 5.69 Å². The molecular weight excluding hydrogens is 233 g/mol. The molecule has 1 fully saturated rings. The molecule has 2 N–H and O–H groups in total. The fourth-order valence-electron chi connectivity index (χ4n) is 1.73. The Balaban J connectivity index is 2.14. The first-order valence-electron chi connectivity index (χ1n) is 4.93. The zero-order valence-electron chi connectivity index (χ0n) is 8.43. The zero-order valence-corrected chi connectivity index (χ0v) is 9.94. The Morgan fingerprint density at radius 1 is 1.47 bits per heavy atom. The molecule has 0 unspecified atom stereocenters. The van der Waals surface area contributed by atoms with E-state index >= 15 is 0 Å². The standard InChI is InChI=1S/C11H13Cl2NO/c1-11(15)5-4-10(11)14-9-6-7(12)2-3-8(9)13/h2-3,6,10,14-15H,4-5H2,1H3/t10-,11-/m0/s1. The Hall–Kier alpha value is -0.440. The predicted octanol–water partition coefficient (Wildman–Crippen LogP) is 3.32. The van der Waals surface area contributed by atoms with Gasteiger partial charge in [0.05, 0.1) is 22.4 Å². The minimum absolute atomic E-state index is 0.0634. The lowest BCUT2D eigenvalue weighted by molar-refractivity contribution is -0.0286. The first-order valence-corrected chi connectivity index (χ1v) is 5.68. The lowest BCUT2D eigenvalue weighted by atomic mass is 9.76. The number of aliphatic hydroxyl groups is 1. The molecule has 1 aromatic carbocycles. The Kier molecular flexibility index (Phi) is 2.84. The Bertz CT molecular complexity index is 379. The first kappa shape index (κ1) is 11.1. The van der Waals surface area contributed by atoms with Crippen molar-refractivity contribution in [2.24, 2.45) is 0 Å². The molecule has 0 amide bonds. The summed E-state index contributed by atoms with van der Waals surface area (Å²) in [6.07, 6.45) is 1.78. The summed E-state index contributed by atoms with van der Waals surface area (Å²) in [7, 11) is 0. The summed E-state index contributed by atoms with van der Waals surface area (Å²) in [6, 6.07) is 5.33. The molecule has 1 aromatic rings. The largest absolute Gasteiger partial charge is 0.388 e. The van der Waals surface area contributed by atoms with Crippen molar-refractivity contribution in [2.45, 2.75) is 31.4 Å². The minimum atomic E-state index is -0.633. The van der Waals surface area contributed by atoms with Crippen LogP contribution in [0.25, 0.3) is 0 Å². The van der Waals surface area contributed by atoms with E-state index in [0.717, 1.165) is 18.5 Å². The molecule has 1 aliphatic carbocycles. The van der Waals surface area contributed by atoms with Gasteiger partial charge in [0, 0.05) is 5.02 Å². The van der Waals surface area contributed by atoms with Crippen LogP contribution in [0.5, 0.6) is 0 Å². The van der Waals surface area contributed by atoms with E-state index in [2.05, 4.69) is 5.32 Å².